The lowest BCUT2D eigenvalue weighted by Crippen LogP contribution is -2.27. The molecule has 1 atom stereocenters. The molecule has 17 heavy (non-hydrogen) atoms. The first-order valence-electron chi connectivity index (χ1n) is 6.49. The highest BCUT2D eigenvalue weighted by Crippen LogP contribution is 2.31. The summed E-state index contributed by atoms with van der Waals surface area (Å²) in [5, 5.41) is 4.47. The molecule has 1 aromatic carbocycles. The Morgan fingerprint density at radius 2 is 2.12 bits per heavy atom. The molecule has 0 aromatic heterocycles. The van der Waals surface area contributed by atoms with Gasteiger partial charge in [-0.2, -0.15) is 0 Å². The number of likely N-dealkylation sites (tertiary alicyclic amines) is 1. The minimum absolute atomic E-state index is 0.607. The molecule has 1 saturated heterocycles. The van der Waals surface area contributed by atoms with Crippen molar-refractivity contribution in [3.63, 3.8) is 0 Å². The van der Waals surface area contributed by atoms with Gasteiger partial charge in [-0.3, -0.25) is 4.90 Å². The standard InChI is InChI=1S/C14H19ClN2/c1-10-8-11(15)2-5-14(10)16-12-6-7-17(9-12)13-3-4-13/h2,5,8,12-13,16H,3-4,6-7,9H2,1H3. The number of hydrogen-bond acceptors (Lipinski definition) is 2. The minimum Gasteiger partial charge on any atom is -0.381 e. The molecule has 1 aliphatic heterocycles. The highest BCUT2D eigenvalue weighted by molar-refractivity contribution is 6.30. The van der Waals surface area contributed by atoms with Gasteiger partial charge >= 0.3 is 0 Å². The molecule has 1 heterocycles. The fourth-order valence-electron chi connectivity index (χ4n) is 2.69. The van der Waals surface area contributed by atoms with Gasteiger partial charge in [0.1, 0.15) is 0 Å². The van der Waals surface area contributed by atoms with Crippen molar-refractivity contribution in [2.45, 2.75) is 38.3 Å². The maximum Gasteiger partial charge on any atom is 0.0410 e. The quantitative estimate of drug-likeness (QED) is 0.886. The van der Waals surface area contributed by atoms with Gasteiger partial charge in [0.25, 0.3) is 0 Å². The van der Waals surface area contributed by atoms with Crippen molar-refractivity contribution in [2.24, 2.45) is 0 Å². The van der Waals surface area contributed by atoms with Gasteiger partial charge in [-0.25, -0.2) is 0 Å². The van der Waals surface area contributed by atoms with Crippen molar-refractivity contribution in [3.05, 3.63) is 28.8 Å². The fraction of sp³-hybridized carbons (Fsp3) is 0.571. The molecule has 3 rings (SSSR count). The number of benzene rings is 1. The van der Waals surface area contributed by atoms with Crippen molar-refractivity contribution in [3.8, 4) is 0 Å². The molecular weight excluding hydrogens is 232 g/mol. The van der Waals surface area contributed by atoms with Crippen LogP contribution in [-0.2, 0) is 0 Å². The normalized spacial score (nSPS) is 25.2. The Bertz CT molecular complexity index is 415. The number of nitrogens with zero attached hydrogens (tertiary/aromatic N) is 1. The first-order valence-corrected chi connectivity index (χ1v) is 6.87. The van der Waals surface area contributed by atoms with Gasteiger partial charge in [-0.15, -0.1) is 0 Å². The number of hydrogen-bond donors (Lipinski definition) is 1. The molecule has 2 nitrogen and oxygen atoms in total. The summed E-state index contributed by atoms with van der Waals surface area (Å²) in [6.07, 6.45) is 4.08. The minimum atomic E-state index is 0.607. The summed E-state index contributed by atoms with van der Waals surface area (Å²) < 4.78 is 0. The Morgan fingerprint density at radius 1 is 1.29 bits per heavy atom. The van der Waals surface area contributed by atoms with E-state index in [0.29, 0.717) is 6.04 Å². The van der Waals surface area contributed by atoms with Crippen LogP contribution < -0.4 is 5.32 Å². The van der Waals surface area contributed by atoms with Crippen molar-refractivity contribution >= 4 is 17.3 Å². The van der Waals surface area contributed by atoms with Crippen LogP contribution in [0.4, 0.5) is 5.69 Å². The summed E-state index contributed by atoms with van der Waals surface area (Å²) in [7, 11) is 0. The third-order valence-corrected chi connectivity index (χ3v) is 4.07. The largest absolute Gasteiger partial charge is 0.381 e. The van der Waals surface area contributed by atoms with Crippen LogP contribution in [0.2, 0.25) is 5.02 Å². The zero-order chi connectivity index (χ0) is 11.8. The Balaban J connectivity index is 1.63. The van der Waals surface area contributed by atoms with E-state index in [2.05, 4.69) is 23.2 Å². The Kier molecular flexibility index (Phi) is 3.01. The highest BCUT2D eigenvalue weighted by atomic mass is 35.5. The predicted octanol–water partition coefficient (Wildman–Crippen LogP) is 3.30. The van der Waals surface area contributed by atoms with Crippen molar-refractivity contribution in [2.75, 3.05) is 18.4 Å². The van der Waals surface area contributed by atoms with E-state index in [1.807, 2.05) is 12.1 Å². The molecule has 1 aromatic rings. The van der Waals surface area contributed by atoms with Crippen LogP contribution in [0.25, 0.3) is 0 Å². The van der Waals surface area contributed by atoms with Crippen molar-refractivity contribution in [1.29, 1.82) is 0 Å². The van der Waals surface area contributed by atoms with Crippen LogP contribution in [0.3, 0.4) is 0 Å². The average molecular weight is 251 g/mol. The number of rotatable bonds is 3. The van der Waals surface area contributed by atoms with E-state index in [1.54, 1.807) is 0 Å². The second-order valence-corrected chi connectivity index (χ2v) is 5.75. The Labute approximate surface area is 108 Å². The van der Waals surface area contributed by atoms with E-state index in [9.17, 15) is 0 Å². The topological polar surface area (TPSA) is 15.3 Å². The summed E-state index contributed by atoms with van der Waals surface area (Å²) in [5.41, 5.74) is 2.47. The van der Waals surface area contributed by atoms with Gasteiger partial charge in [0.15, 0.2) is 0 Å². The van der Waals surface area contributed by atoms with Gasteiger partial charge in [0, 0.05) is 35.9 Å². The molecule has 0 amide bonds. The zero-order valence-corrected chi connectivity index (χ0v) is 11.0. The molecule has 0 spiro atoms. The fourth-order valence-corrected chi connectivity index (χ4v) is 2.91. The molecule has 2 aliphatic rings. The smallest absolute Gasteiger partial charge is 0.0410 e. The second kappa shape index (κ2) is 4.51. The second-order valence-electron chi connectivity index (χ2n) is 5.32. The number of nitrogens with one attached hydrogen (secondary N) is 1. The average Bonchev–Trinajstić information content (AvgIpc) is 3.04. The van der Waals surface area contributed by atoms with Crippen molar-refractivity contribution < 1.29 is 0 Å². The number of halogens is 1. The molecule has 1 aliphatic carbocycles. The van der Waals surface area contributed by atoms with E-state index in [1.165, 1.54) is 43.6 Å². The lowest BCUT2D eigenvalue weighted by Gasteiger charge is -2.18. The molecule has 0 bridgehead atoms. The zero-order valence-electron chi connectivity index (χ0n) is 10.2. The third-order valence-electron chi connectivity index (χ3n) is 3.83. The van der Waals surface area contributed by atoms with Gasteiger partial charge in [-0.1, -0.05) is 11.6 Å². The molecule has 1 saturated carbocycles. The molecule has 3 heteroatoms. The van der Waals surface area contributed by atoms with Crippen LogP contribution in [0, 0.1) is 6.92 Å². The summed E-state index contributed by atoms with van der Waals surface area (Å²) in [6.45, 7) is 4.57. The van der Waals surface area contributed by atoms with Crippen LogP contribution in [0.1, 0.15) is 24.8 Å². The molecule has 2 fully saturated rings. The number of aryl methyl sites for hydroxylation is 1. The summed E-state index contributed by atoms with van der Waals surface area (Å²) >= 11 is 5.97. The van der Waals surface area contributed by atoms with E-state index < -0.39 is 0 Å². The molecule has 1 N–H and O–H groups in total. The van der Waals surface area contributed by atoms with Crippen LogP contribution >= 0.6 is 11.6 Å². The van der Waals surface area contributed by atoms with E-state index >= 15 is 0 Å². The monoisotopic (exact) mass is 250 g/mol. The maximum absolute atomic E-state index is 5.97. The van der Waals surface area contributed by atoms with Gasteiger partial charge in [-0.05, 0) is 49.9 Å². The molecule has 0 radical (unpaired) electrons. The first-order chi connectivity index (χ1) is 8.22. The lowest BCUT2D eigenvalue weighted by atomic mass is 10.1. The van der Waals surface area contributed by atoms with E-state index in [4.69, 9.17) is 11.6 Å². The first kappa shape index (κ1) is 11.4. The SMILES string of the molecule is Cc1cc(Cl)ccc1NC1CCN(C2CC2)C1. The third kappa shape index (κ3) is 2.58. The van der Waals surface area contributed by atoms with Crippen LogP contribution in [0.5, 0.6) is 0 Å². The molecule has 1 unspecified atom stereocenters. The van der Waals surface area contributed by atoms with E-state index in [-0.39, 0.29) is 0 Å². The lowest BCUT2D eigenvalue weighted by molar-refractivity contribution is 0.326. The van der Waals surface area contributed by atoms with Gasteiger partial charge < -0.3 is 5.32 Å². The Morgan fingerprint density at radius 3 is 2.82 bits per heavy atom. The summed E-state index contributed by atoms with van der Waals surface area (Å²) in [4.78, 5) is 2.63. The molecular formula is C14H19ClN2. The van der Waals surface area contributed by atoms with Gasteiger partial charge in [0.2, 0.25) is 0 Å². The Hall–Kier alpha value is -0.730. The van der Waals surface area contributed by atoms with Crippen LogP contribution in [0.15, 0.2) is 18.2 Å². The molecule has 92 valence electrons. The predicted molar refractivity (Wildman–Crippen MR) is 72.8 cm³/mol. The van der Waals surface area contributed by atoms with Crippen molar-refractivity contribution in [1.82, 2.24) is 4.90 Å². The summed E-state index contributed by atoms with van der Waals surface area (Å²) in [6, 6.07) is 7.59. The number of anilines is 1. The maximum atomic E-state index is 5.97. The summed E-state index contributed by atoms with van der Waals surface area (Å²) in [5.74, 6) is 0. The van der Waals surface area contributed by atoms with Gasteiger partial charge in [0.05, 0.1) is 0 Å². The highest BCUT2D eigenvalue weighted by Gasteiger charge is 2.34. The van der Waals surface area contributed by atoms with Crippen LogP contribution in [-0.4, -0.2) is 30.1 Å². The van der Waals surface area contributed by atoms with E-state index in [0.717, 1.165) is 11.1 Å².